The van der Waals surface area contributed by atoms with E-state index >= 15 is 0 Å². The van der Waals surface area contributed by atoms with Crippen molar-refractivity contribution in [3.8, 4) is 11.5 Å². The molecule has 0 aliphatic heterocycles. The third-order valence-electron chi connectivity index (χ3n) is 4.42. The second kappa shape index (κ2) is 11.5. The molecule has 0 amide bonds. The lowest BCUT2D eigenvalue weighted by Crippen LogP contribution is -2.14. The van der Waals surface area contributed by atoms with Crippen LogP contribution >= 0.6 is 0 Å². The van der Waals surface area contributed by atoms with Gasteiger partial charge in [0.1, 0.15) is 6.10 Å². The molecule has 0 fully saturated rings. The molecule has 0 saturated carbocycles. The van der Waals surface area contributed by atoms with Gasteiger partial charge >= 0.3 is 5.97 Å². The maximum absolute atomic E-state index is 12.6. The molecule has 1 unspecified atom stereocenters. The summed E-state index contributed by atoms with van der Waals surface area (Å²) >= 11 is 0. The van der Waals surface area contributed by atoms with Crippen molar-refractivity contribution in [3.05, 3.63) is 84.1 Å². The molecule has 0 spiro atoms. The quantitative estimate of drug-likeness (QED) is 0.156. The van der Waals surface area contributed by atoms with Crippen LogP contribution in [0.5, 0.6) is 11.5 Å². The monoisotopic (exact) mass is 410 g/mol. The normalized spacial score (nSPS) is 12.4. The Hall–Kier alpha value is -3.54. The number of carbonyl (C=O) groups excluding carboxylic acids is 1. The van der Waals surface area contributed by atoms with Crippen LogP contribution in [0.1, 0.15) is 30.6 Å². The SMILES string of the molecule is C=C(/C=C\[N+](O)=C/C)CC(OC(=O)Cc1ccccc1)c1ccc(OC)c(OC)c1. The van der Waals surface area contributed by atoms with Crippen LogP contribution in [-0.4, -0.2) is 36.3 Å². The van der Waals surface area contributed by atoms with Crippen LogP contribution < -0.4 is 9.47 Å². The van der Waals surface area contributed by atoms with Crippen LogP contribution in [0.15, 0.2) is 73.0 Å². The average Bonchev–Trinajstić information content (AvgIpc) is 2.77. The van der Waals surface area contributed by atoms with Crippen LogP contribution in [0.25, 0.3) is 0 Å². The fraction of sp³-hybridized carbons (Fsp3) is 0.250. The molecule has 0 aromatic heterocycles. The van der Waals surface area contributed by atoms with Gasteiger partial charge in [-0.3, -0.25) is 10.0 Å². The van der Waals surface area contributed by atoms with E-state index in [1.54, 1.807) is 39.4 Å². The molecular formula is C24H28NO5+. The summed E-state index contributed by atoms with van der Waals surface area (Å²) < 4.78 is 17.4. The Labute approximate surface area is 177 Å². The fourth-order valence-corrected chi connectivity index (χ4v) is 2.82. The minimum absolute atomic E-state index is 0.169. The van der Waals surface area contributed by atoms with Gasteiger partial charge in [0.2, 0.25) is 6.20 Å². The molecule has 2 aromatic carbocycles. The van der Waals surface area contributed by atoms with Gasteiger partial charge in [-0.15, -0.1) is 0 Å². The van der Waals surface area contributed by atoms with E-state index in [1.165, 1.54) is 12.4 Å². The maximum atomic E-state index is 12.6. The van der Waals surface area contributed by atoms with Gasteiger partial charge in [-0.05, 0) is 33.6 Å². The highest BCUT2D eigenvalue weighted by Crippen LogP contribution is 2.33. The summed E-state index contributed by atoms with van der Waals surface area (Å²) in [5, 5.41) is 9.53. The molecular weight excluding hydrogens is 382 g/mol. The van der Waals surface area contributed by atoms with E-state index in [0.29, 0.717) is 23.5 Å². The highest BCUT2D eigenvalue weighted by Gasteiger charge is 2.20. The molecule has 1 atom stereocenters. The summed E-state index contributed by atoms with van der Waals surface area (Å²) in [6.45, 7) is 5.71. The molecule has 0 bridgehead atoms. The first-order valence-electron chi connectivity index (χ1n) is 9.54. The van der Waals surface area contributed by atoms with Crippen molar-refractivity contribution in [2.45, 2.75) is 25.9 Å². The third kappa shape index (κ3) is 6.81. The van der Waals surface area contributed by atoms with Crippen LogP contribution in [0, 0.1) is 0 Å². The summed E-state index contributed by atoms with van der Waals surface area (Å²) in [6, 6.07) is 14.8. The highest BCUT2D eigenvalue weighted by atomic mass is 16.5. The number of esters is 1. The molecule has 6 nitrogen and oxygen atoms in total. The van der Waals surface area contributed by atoms with Gasteiger partial charge < -0.3 is 14.2 Å². The fourth-order valence-electron chi connectivity index (χ4n) is 2.82. The summed E-state index contributed by atoms with van der Waals surface area (Å²) in [4.78, 5) is 12.6. The van der Waals surface area contributed by atoms with Crippen LogP contribution in [-0.2, 0) is 16.0 Å². The average molecular weight is 410 g/mol. The van der Waals surface area contributed by atoms with Gasteiger partial charge in [0.05, 0.1) is 20.6 Å². The number of hydroxylamine groups is 1. The van der Waals surface area contributed by atoms with Gasteiger partial charge in [0.25, 0.3) is 0 Å². The van der Waals surface area contributed by atoms with E-state index in [1.807, 2.05) is 36.4 Å². The number of ether oxygens (including phenoxy) is 3. The van der Waals surface area contributed by atoms with E-state index < -0.39 is 6.10 Å². The van der Waals surface area contributed by atoms with Gasteiger partial charge in [-0.1, -0.05) is 43.0 Å². The summed E-state index contributed by atoms with van der Waals surface area (Å²) in [5.41, 5.74) is 2.32. The van der Waals surface area contributed by atoms with Crippen LogP contribution in [0.2, 0.25) is 0 Å². The number of hydrogen-bond donors (Lipinski definition) is 1. The summed E-state index contributed by atoms with van der Waals surface area (Å²) in [6.07, 6.45) is 4.58. The topological polar surface area (TPSA) is 68.0 Å². The lowest BCUT2D eigenvalue weighted by atomic mass is 10.0. The number of methoxy groups -OCH3 is 2. The van der Waals surface area contributed by atoms with Crippen molar-refractivity contribution in [1.82, 2.24) is 0 Å². The Bertz CT molecular complexity index is 918. The van der Waals surface area contributed by atoms with E-state index in [2.05, 4.69) is 6.58 Å². The number of nitrogens with zero attached hydrogens (tertiary/aromatic N) is 1. The van der Waals surface area contributed by atoms with E-state index in [4.69, 9.17) is 14.2 Å². The van der Waals surface area contributed by atoms with Crippen molar-refractivity contribution >= 4 is 12.2 Å². The molecule has 0 saturated heterocycles. The lowest BCUT2D eigenvalue weighted by Gasteiger charge is -2.20. The van der Waals surface area contributed by atoms with Gasteiger partial charge in [-0.2, -0.15) is 0 Å². The highest BCUT2D eigenvalue weighted by molar-refractivity contribution is 5.73. The van der Waals surface area contributed by atoms with E-state index in [9.17, 15) is 10.0 Å². The zero-order valence-electron chi connectivity index (χ0n) is 17.6. The minimum atomic E-state index is -0.573. The predicted octanol–water partition coefficient (Wildman–Crippen LogP) is 4.48. The molecule has 0 heterocycles. The zero-order chi connectivity index (χ0) is 21.9. The Balaban J connectivity index is 2.24. The van der Waals surface area contributed by atoms with Gasteiger partial charge in [0, 0.05) is 19.4 Å². The first kappa shape index (κ1) is 22.7. The second-order valence-corrected chi connectivity index (χ2v) is 6.57. The number of hydrogen-bond acceptors (Lipinski definition) is 5. The minimum Gasteiger partial charge on any atom is -0.493 e. The first-order chi connectivity index (χ1) is 14.5. The Morgan fingerprint density at radius 1 is 1.13 bits per heavy atom. The molecule has 6 heteroatoms. The van der Waals surface area contributed by atoms with Crippen LogP contribution in [0.4, 0.5) is 0 Å². The van der Waals surface area contributed by atoms with E-state index in [0.717, 1.165) is 15.9 Å². The molecule has 0 aliphatic rings. The second-order valence-electron chi connectivity index (χ2n) is 6.57. The molecule has 158 valence electrons. The third-order valence-corrected chi connectivity index (χ3v) is 4.42. The van der Waals surface area contributed by atoms with E-state index in [-0.39, 0.29) is 12.4 Å². The lowest BCUT2D eigenvalue weighted by molar-refractivity contribution is -0.722. The summed E-state index contributed by atoms with van der Waals surface area (Å²) in [5.74, 6) is 0.787. The molecule has 2 rings (SSSR count). The van der Waals surface area contributed by atoms with Gasteiger partial charge in [0.15, 0.2) is 17.7 Å². The molecule has 1 N–H and O–H groups in total. The number of allylic oxidation sites excluding steroid dienone is 1. The molecule has 0 aliphatic carbocycles. The largest absolute Gasteiger partial charge is 0.493 e. The van der Waals surface area contributed by atoms with Crippen molar-refractivity contribution in [2.24, 2.45) is 0 Å². The predicted molar refractivity (Wildman–Crippen MR) is 115 cm³/mol. The first-order valence-corrected chi connectivity index (χ1v) is 9.54. The standard InChI is InChI=1S/C24H28NO5/c1-5-25(27)14-13-18(2)15-22(20-11-12-21(28-3)23(17-20)29-4)30-24(26)16-19-9-7-6-8-10-19/h5-14,17,22,27H,2,15-16H2,1,3-4H3/q+1/b14-13-,25-5+. The maximum Gasteiger partial charge on any atom is 0.310 e. The Morgan fingerprint density at radius 3 is 2.47 bits per heavy atom. The molecule has 2 aromatic rings. The molecule has 0 radical (unpaired) electrons. The van der Waals surface area contributed by atoms with Crippen molar-refractivity contribution in [1.29, 1.82) is 0 Å². The zero-order valence-corrected chi connectivity index (χ0v) is 17.6. The Kier molecular flexibility index (Phi) is 8.69. The summed E-state index contributed by atoms with van der Waals surface area (Å²) in [7, 11) is 3.11. The Morgan fingerprint density at radius 2 is 1.83 bits per heavy atom. The van der Waals surface area contributed by atoms with Crippen molar-refractivity contribution in [2.75, 3.05) is 14.2 Å². The van der Waals surface area contributed by atoms with Gasteiger partial charge in [-0.25, -0.2) is 0 Å². The smallest absolute Gasteiger partial charge is 0.310 e. The van der Waals surface area contributed by atoms with Crippen molar-refractivity contribution in [3.63, 3.8) is 0 Å². The van der Waals surface area contributed by atoms with Crippen LogP contribution in [0.3, 0.4) is 0 Å². The number of rotatable bonds is 10. The molecule has 30 heavy (non-hydrogen) atoms. The number of carbonyl (C=O) groups is 1. The number of benzene rings is 2. The van der Waals surface area contributed by atoms with Crippen molar-refractivity contribution < 1.29 is 29.0 Å².